The van der Waals surface area contributed by atoms with E-state index in [1.165, 1.54) is 30.3 Å². The molecule has 0 spiro atoms. The van der Waals surface area contributed by atoms with Crippen molar-refractivity contribution in [1.82, 2.24) is 0 Å². The van der Waals surface area contributed by atoms with Gasteiger partial charge in [0.1, 0.15) is 17.3 Å². The lowest BCUT2D eigenvalue weighted by atomic mass is 9.56. The molecular formula is C15H9F3N2O2. The SMILES string of the molecule is N#CC1C(=O)CC(=O)C(C#N)C1(c1ccccc1)C(F)(F)F. The van der Waals surface area contributed by atoms with E-state index in [0.29, 0.717) is 0 Å². The van der Waals surface area contributed by atoms with E-state index in [0.717, 1.165) is 12.1 Å². The monoisotopic (exact) mass is 306 g/mol. The van der Waals surface area contributed by atoms with Crippen molar-refractivity contribution in [1.29, 1.82) is 10.5 Å². The summed E-state index contributed by atoms with van der Waals surface area (Å²) in [6.45, 7) is 0. The Bertz CT molecular complexity index is 666. The summed E-state index contributed by atoms with van der Waals surface area (Å²) in [5, 5.41) is 18.3. The van der Waals surface area contributed by atoms with E-state index in [9.17, 15) is 22.8 Å². The predicted molar refractivity (Wildman–Crippen MR) is 67.0 cm³/mol. The summed E-state index contributed by atoms with van der Waals surface area (Å²) in [5.41, 5.74) is -3.56. The maximum Gasteiger partial charge on any atom is 0.401 e. The average molecular weight is 306 g/mol. The fourth-order valence-corrected chi connectivity index (χ4v) is 2.94. The Morgan fingerprint density at radius 3 is 1.82 bits per heavy atom. The topological polar surface area (TPSA) is 81.7 Å². The number of halogens is 3. The molecule has 4 nitrogen and oxygen atoms in total. The second-order valence-corrected chi connectivity index (χ2v) is 4.97. The van der Waals surface area contributed by atoms with E-state index in [1.54, 1.807) is 0 Å². The largest absolute Gasteiger partial charge is 0.401 e. The summed E-state index contributed by atoms with van der Waals surface area (Å²) < 4.78 is 41.7. The molecule has 1 fully saturated rings. The van der Waals surface area contributed by atoms with Gasteiger partial charge in [-0.2, -0.15) is 23.7 Å². The van der Waals surface area contributed by atoms with E-state index < -0.39 is 47.0 Å². The van der Waals surface area contributed by atoms with Crippen molar-refractivity contribution >= 4 is 11.6 Å². The van der Waals surface area contributed by atoms with Gasteiger partial charge in [-0.25, -0.2) is 0 Å². The van der Waals surface area contributed by atoms with Crippen LogP contribution in [0.1, 0.15) is 12.0 Å². The molecule has 0 heterocycles. The van der Waals surface area contributed by atoms with Crippen LogP contribution >= 0.6 is 0 Å². The van der Waals surface area contributed by atoms with Crippen LogP contribution in [0.3, 0.4) is 0 Å². The van der Waals surface area contributed by atoms with Crippen molar-refractivity contribution < 1.29 is 22.8 Å². The standard InChI is InChI=1S/C15H9F3N2O2/c16-15(17,18)14(9-4-2-1-3-5-9)10(7-19)12(21)6-13(22)11(14)8-20/h1-5,10-11H,6H2. The van der Waals surface area contributed by atoms with Crippen molar-refractivity contribution in [2.24, 2.45) is 11.8 Å². The Kier molecular flexibility index (Phi) is 3.76. The molecule has 0 saturated heterocycles. The number of carbonyl (C=O) groups is 2. The maximum atomic E-state index is 13.9. The molecule has 2 atom stereocenters. The zero-order valence-corrected chi connectivity index (χ0v) is 11.1. The molecule has 1 aliphatic carbocycles. The van der Waals surface area contributed by atoms with Gasteiger partial charge in [0.2, 0.25) is 0 Å². The number of ketones is 2. The van der Waals surface area contributed by atoms with Crippen LogP contribution in [0.25, 0.3) is 0 Å². The number of rotatable bonds is 1. The lowest BCUT2D eigenvalue weighted by Gasteiger charge is -2.43. The summed E-state index contributed by atoms with van der Waals surface area (Å²) in [5.74, 6) is -6.48. The Labute approximate surface area is 123 Å². The minimum Gasteiger partial charge on any atom is -0.298 e. The number of hydrogen-bond acceptors (Lipinski definition) is 4. The highest BCUT2D eigenvalue weighted by atomic mass is 19.4. The first-order valence-corrected chi connectivity index (χ1v) is 6.27. The minimum absolute atomic E-state index is 0.429. The van der Waals surface area contributed by atoms with Gasteiger partial charge in [0.05, 0.1) is 18.6 Å². The zero-order valence-electron chi connectivity index (χ0n) is 11.1. The first-order valence-electron chi connectivity index (χ1n) is 6.27. The van der Waals surface area contributed by atoms with E-state index in [4.69, 9.17) is 10.5 Å². The molecular weight excluding hydrogens is 297 g/mol. The van der Waals surface area contributed by atoms with Crippen molar-refractivity contribution in [3.05, 3.63) is 35.9 Å². The van der Waals surface area contributed by atoms with Crippen molar-refractivity contribution in [3.8, 4) is 12.1 Å². The number of benzene rings is 1. The Hall–Kier alpha value is -2.67. The van der Waals surface area contributed by atoms with Gasteiger partial charge in [0.25, 0.3) is 0 Å². The fourth-order valence-electron chi connectivity index (χ4n) is 2.94. The van der Waals surface area contributed by atoms with Gasteiger partial charge < -0.3 is 0 Å². The molecule has 1 aromatic rings. The summed E-state index contributed by atoms with van der Waals surface area (Å²) in [6, 6.07) is 8.94. The molecule has 7 heteroatoms. The number of carbonyl (C=O) groups excluding carboxylic acids is 2. The van der Waals surface area contributed by atoms with Gasteiger partial charge in [-0.1, -0.05) is 30.3 Å². The van der Waals surface area contributed by atoms with Gasteiger partial charge in [-0.05, 0) is 5.56 Å². The molecule has 112 valence electrons. The molecule has 0 aliphatic heterocycles. The molecule has 22 heavy (non-hydrogen) atoms. The Balaban J connectivity index is 2.88. The second kappa shape index (κ2) is 5.27. The van der Waals surface area contributed by atoms with Crippen molar-refractivity contribution in [2.75, 3.05) is 0 Å². The van der Waals surface area contributed by atoms with E-state index in [1.807, 2.05) is 0 Å². The summed E-state index contributed by atoms with van der Waals surface area (Å²) in [7, 11) is 0. The molecule has 0 aromatic heterocycles. The van der Waals surface area contributed by atoms with Crippen LogP contribution in [0.4, 0.5) is 13.2 Å². The van der Waals surface area contributed by atoms with E-state index in [-0.39, 0.29) is 0 Å². The highest BCUT2D eigenvalue weighted by Crippen LogP contribution is 2.54. The molecule has 1 aliphatic rings. The molecule has 0 N–H and O–H groups in total. The van der Waals surface area contributed by atoms with Crippen LogP contribution in [-0.2, 0) is 15.0 Å². The van der Waals surface area contributed by atoms with Crippen LogP contribution in [0.5, 0.6) is 0 Å². The molecule has 1 aromatic carbocycles. The highest BCUT2D eigenvalue weighted by Gasteiger charge is 2.70. The van der Waals surface area contributed by atoms with Crippen LogP contribution < -0.4 is 0 Å². The van der Waals surface area contributed by atoms with Crippen molar-refractivity contribution in [2.45, 2.75) is 18.0 Å². The quantitative estimate of drug-likeness (QED) is 0.745. The maximum absolute atomic E-state index is 13.9. The Morgan fingerprint density at radius 2 is 1.45 bits per heavy atom. The van der Waals surface area contributed by atoms with Gasteiger partial charge in [-0.15, -0.1) is 0 Å². The predicted octanol–water partition coefficient (Wildman–Crippen LogP) is 2.31. The van der Waals surface area contributed by atoms with Crippen LogP contribution in [0, 0.1) is 34.5 Å². The molecule has 0 amide bonds. The smallest absolute Gasteiger partial charge is 0.298 e. The number of nitrogens with zero attached hydrogens (tertiary/aromatic N) is 2. The van der Waals surface area contributed by atoms with Gasteiger partial charge in [-0.3, -0.25) is 9.59 Å². The summed E-state index contributed by atoms with van der Waals surface area (Å²) in [6.07, 6.45) is -5.94. The summed E-state index contributed by atoms with van der Waals surface area (Å²) in [4.78, 5) is 23.8. The third-order valence-electron chi connectivity index (χ3n) is 3.88. The number of hydrogen-bond donors (Lipinski definition) is 0. The van der Waals surface area contributed by atoms with Crippen molar-refractivity contribution in [3.63, 3.8) is 0 Å². The first kappa shape index (κ1) is 15.7. The van der Waals surface area contributed by atoms with Gasteiger partial charge in [0, 0.05) is 0 Å². The van der Waals surface area contributed by atoms with Gasteiger partial charge in [0.15, 0.2) is 11.6 Å². The normalized spacial score (nSPS) is 28.8. The Morgan fingerprint density at radius 1 is 1.00 bits per heavy atom. The first-order chi connectivity index (χ1) is 10.3. The van der Waals surface area contributed by atoms with Gasteiger partial charge >= 0.3 is 6.18 Å². The summed E-state index contributed by atoms with van der Waals surface area (Å²) >= 11 is 0. The lowest BCUT2D eigenvalue weighted by molar-refractivity contribution is -0.216. The van der Waals surface area contributed by atoms with E-state index in [2.05, 4.69) is 0 Å². The van der Waals surface area contributed by atoms with Crippen LogP contribution in [-0.4, -0.2) is 17.7 Å². The zero-order chi connectivity index (χ0) is 16.5. The molecule has 0 radical (unpaired) electrons. The average Bonchev–Trinajstić information content (AvgIpc) is 2.46. The second-order valence-electron chi connectivity index (χ2n) is 4.97. The molecule has 2 unspecified atom stereocenters. The third kappa shape index (κ3) is 1.98. The number of nitriles is 2. The molecule has 2 rings (SSSR count). The van der Waals surface area contributed by atoms with E-state index >= 15 is 0 Å². The highest BCUT2D eigenvalue weighted by molar-refractivity contribution is 6.07. The minimum atomic E-state index is -5.11. The fraction of sp³-hybridized carbons (Fsp3) is 0.333. The van der Waals surface area contributed by atoms with Crippen LogP contribution in [0.2, 0.25) is 0 Å². The third-order valence-corrected chi connectivity index (χ3v) is 3.88. The number of alkyl halides is 3. The molecule has 1 saturated carbocycles. The number of Topliss-reactive ketones (excluding diaryl/α,β-unsaturated/α-hetero) is 2. The lowest BCUT2D eigenvalue weighted by Crippen LogP contribution is -2.60. The van der Waals surface area contributed by atoms with Crippen LogP contribution in [0.15, 0.2) is 30.3 Å². The molecule has 0 bridgehead atoms.